The number of nitrogens with zero attached hydrogens (tertiary/aromatic N) is 2. The van der Waals surface area contributed by atoms with E-state index in [1.165, 1.54) is 0 Å². The monoisotopic (exact) mass is 395 g/mol. The second-order valence-corrected chi connectivity index (χ2v) is 8.68. The predicted molar refractivity (Wildman–Crippen MR) is 102 cm³/mol. The topological polar surface area (TPSA) is 58.1 Å². The van der Waals surface area contributed by atoms with Gasteiger partial charge in [-0.3, -0.25) is 14.0 Å². The lowest BCUT2D eigenvalue weighted by Crippen LogP contribution is -2.34. The van der Waals surface area contributed by atoms with Crippen LogP contribution < -0.4 is 15.9 Å². The van der Waals surface area contributed by atoms with Crippen LogP contribution in [0, 0.1) is 11.6 Å². The van der Waals surface area contributed by atoms with Crippen molar-refractivity contribution in [2.24, 2.45) is 0 Å². The first-order valence-electron chi connectivity index (χ1n) is 8.48. The molecule has 0 amide bonds. The Balaban J connectivity index is 1.92. The van der Waals surface area contributed by atoms with Crippen LogP contribution in [0.4, 0.5) is 14.5 Å². The van der Waals surface area contributed by atoms with Crippen molar-refractivity contribution in [2.45, 2.75) is 18.9 Å². The molecule has 0 atom stereocenters. The molecule has 5 nitrogen and oxygen atoms in total. The van der Waals surface area contributed by atoms with Gasteiger partial charge in [-0.15, -0.1) is 0 Å². The largest absolute Gasteiger partial charge is 0.365 e. The number of halogens is 2. The van der Waals surface area contributed by atoms with Crippen LogP contribution in [0.15, 0.2) is 15.7 Å². The van der Waals surface area contributed by atoms with E-state index in [1.807, 2.05) is 0 Å². The van der Waals surface area contributed by atoms with Gasteiger partial charge in [-0.2, -0.15) is 11.8 Å². The lowest BCUT2D eigenvalue weighted by Gasteiger charge is -2.29. The SMILES string of the molecule is O=c1[nH]sc2c1c(=O)c1cc(F)c(N3CCSCC3)c(F)c1n2C1CC1. The first-order valence-corrected chi connectivity index (χ1v) is 10.4. The quantitative estimate of drug-likeness (QED) is 0.725. The molecule has 0 bridgehead atoms. The lowest BCUT2D eigenvalue weighted by molar-refractivity contribution is 0.576. The zero-order valence-corrected chi connectivity index (χ0v) is 15.3. The molecule has 1 saturated carbocycles. The molecule has 1 saturated heterocycles. The van der Waals surface area contributed by atoms with Gasteiger partial charge < -0.3 is 9.47 Å². The van der Waals surface area contributed by atoms with Crippen LogP contribution in [0.25, 0.3) is 21.1 Å². The molecule has 3 aromatic rings. The van der Waals surface area contributed by atoms with Crippen LogP contribution in [0.1, 0.15) is 18.9 Å². The molecule has 1 aliphatic heterocycles. The number of aromatic amines is 1. The Hall–Kier alpha value is -1.87. The summed E-state index contributed by atoms with van der Waals surface area (Å²) in [4.78, 5) is 27.0. The average molecular weight is 395 g/mol. The number of anilines is 1. The van der Waals surface area contributed by atoms with E-state index in [-0.39, 0.29) is 28.0 Å². The molecule has 0 radical (unpaired) electrons. The Kier molecular flexibility index (Phi) is 3.65. The normalized spacial score (nSPS) is 18.2. The van der Waals surface area contributed by atoms with Crippen molar-refractivity contribution < 1.29 is 8.78 Å². The summed E-state index contributed by atoms with van der Waals surface area (Å²) in [6.45, 7) is 1.13. The fourth-order valence-corrected chi connectivity index (χ4v) is 5.49. The molecule has 2 fully saturated rings. The summed E-state index contributed by atoms with van der Waals surface area (Å²) in [6.07, 6.45) is 1.71. The van der Waals surface area contributed by atoms with Crippen molar-refractivity contribution in [1.82, 2.24) is 8.94 Å². The molecule has 2 aromatic heterocycles. The highest BCUT2D eigenvalue weighted by molar-refractivity contribution is 7.99. The first-order chi connectivity index (χ1) is 12.6. The van der Waals surface area contributed by atoms with Gasteiger partial charge in [0.1, 0.15) is 21.7 Å². The van der Waals surface area contributed by atoms with E-state index in [0.717, 1.165) is 41.9 Å². The molecular weight excluding hydrogens is 380 g/mol. The minimum atomic E-state index is -0.743. The minimum Gasteiger partial charge on any atom is -0.365 e. The van der Waals surface area contributed by atoms with E-state index in [0.29, 0.717) is 17.9 Å². The third-order valence-electron chi connectivity index (χ3n) is 5.02. The highest BCUT2D eigenvalue weighted by atomic mass is 32.2. The third kappa shape index (κ3) is 2.26. The minimum absolute atomic E-state index is 0.00433. The molecule has 26 heavy (non-hydrogen) atoms. The van der Waals surface area contributed by atoms with Crippen LogP contribution in [-0.4, -0.2) is 33.5 Å². The second-order valence-electron chi connectivity index (χ2n) is 6.66. The number of H-pyrrole nitrogens is 1. The van der Waals surface area contributed by atoms with Crippen LogP contribution in [-0.2, 0) is 0 Å². The molecule has 5 rings (SSSR count). The van der Waals surface area contributed by atoms with Gasteiger partial charge in [-0.25, -0.2) is 8.78 Å². The Bertz CT molecular complexity index is 1160. The molecule has 1 aromatic carbocycles. The van der Waals surface area contributed by atoms with E-state index in [1.54, 1.807) is 21.2 Å². The molecule has 0 spiro atoms. The average Bonchev–Trinajstić information content (AvgIpc) is 3.39. The Morgan fingerprint density at radius 2 is 1.88 bits per heavy atom. The van der Waals surface area contributed by atoms with Crippen molar-refractivity contribution >= 4 is 50.1 Å². The van der Waals surface area contributed by atoms with Gasteiger partial charge in [-0.05, 0) is 30.4 Å². The third-order valence-corrected chi connectivity index (χ3v) is 6.84. The zero-order valence-electron chi connectivity index (χ0n) is 13.7. The molecule has 1 aliphatic carbocycles. The fraction of sp³-hybridized carbons (Fsp3) is 0.412. The number of pyridine rings is 1. The van der Waals surface area contributed by atoms with Crippen molar-refractivity contribution in [3.05, 3.63) is 38.3 Å². The van der Waals surface area contributed by atoms with Gasteiger partial charge in [0.2, 0.25) is 5.43 Å². The number of fused-ring (bicyclic) bond motifs is 2. The standard InChI is InChI=1S/C17H15F2N3O2S2/c18-10-7-9-13(12(19)14(10)21-3-5-25-6-4-21)22(8-1-2-8)17-11(15(9)23)16(24)20-26-17/h7-8H,1-6H2,(H,20,24). The smallest absolute Gasteiger partial charge is 0.271 e. The number of aromatic nitrogens is 2. The van der Waals surface area contributed by atoms with Gasteiger partial charge >= 0.3 is 0 Å². The van der Waals surface area contributed by atoms with Crippen LogP contribution in [0.2, 0.25) is 0 Å². The maximum Gasteiger partial charge on any atom is 0.271 e. The summed E-state index contributed by atoms with van der Waals surface area (Å²) in [6, 6.07) is 1.14. The number of thioether (sulfide) groups is 1. The molecule has 9 heteroatoms. The molecule has 136 valence electrons. The van der Waals surface area contributed by atoms with Gasteiger partial charge in [-0.1, -0.05) is 0 Å². The molecule has 2 aliphatic rings. The Morgan fingerprint density at radius 3 is 2.58 bits per heavy atom. The van der Waals surface area contributed by atoms with Gasteiger partial charge in [0.25, 0.3) is 5.56 Å². The second kappa shape index (κ2) is 5.82. The van der Waals surface area contributed by atoms with E-state index >= 15 is 4.39 Å². The van der Waals surface area contributed by atoms with Crippen molar-refractivity contribution in [2.75, 3.05) is 29.5 Å². The Morgan fingerprint density at radius 1 is 1.15 bits per heavy atom. The predicted octanol–water partition coefficient (Wildman–Crippen LogP) is 3.07. The van der Waals surface area contributed by atoms with Crippen LogP contribution in [0.3, 0.4) is 0 Å². The van der Waals surface area contributed by atoms with E-state index < -0.39 is 22.6 Å². The van der Waals surface area contributed by atoms with E-state index in [4.69, 9.17) is 0 Å². The summed E-state index contributed by atoms with van der Waals surface area (Å²) in [7, 11) is 0. The molecule has 1 N–H and O–H groups in total. The summed E-state index contributed by atoms with van der Waals surface area (Å²) in [5.74, 6) is 0.182. The van der Waals surface area contributed by atoms with Crippen molar-refractivity contribution in [3.63, 3.8) is 0 Å². The van der Waals surface area contributed by atoms with Gasteiger partial charge in [0.15, 0.2) is 5.82 Å². The summed E-state index contributed by atoms with van der Waals surface area (Å²) in [5, 5.41) is -0.0613. The summed E-state index contributed by atoms with van der Waals surface area (Å²) in [5.41, 5.74) is -1.04. The summed E-state index contributed by atoms with van der Waals surface area (Å²) < 4.78 is 34.6. The van der Waals surface area contributed by atoms with Gasteiger partial charge in [0.05, 0.1) is 10.9 Å². The first kappa shape index (κ1) is 16.3. The number of hydrogen-bond donors (Lipinski definition) is 1. The zero-order chi connectivity index (χ0) is 18.0. The van der Waals surface area contributed by atoms with Crippen LogP contribution in [0.5, 0.6) is 0 Å². The van der Waals surface area contributed by atoms with Crippen molar-refractivity contribution in [3.8, 4) is 0 Å². The Labute approximate surface area is 154 Å². The number of benzene rings is 1. The molecular formula is C17H15F2N3O2S2. The lowest BCUT2D eigenvalue weighted by atomic mass is 10.1. The molecule has 3 heterocycles. The van der Waals surface area contributed by atoms with E-state index in [9.17, 15) is 14.0 Å². The number of hydrogen-bond acceptors (Lipinski definition) is 5. The van der Waals surface area contributed by atoms with Crippen molar-refractivity contribution in [1.29, 1.82) is 0 Å². The maximum atomic E-state index is 15.5. The highest BCUT2D eigenvalue weighted by Crippen LogP contribution is 2.42. The fourth-order valence-electron chi connectivity index (χ4n) is 3.67. The van der Waals surface area contributed by atoms with E-state index in [2.05, 4.69) is 4.37 Å². The summed E-state index contributed by atoms with van der Waals surface area (Å²) >= 11 is 2.80. The molecule has 0 unspecified atom stereocenters. The number of nitrogens with one attached hydrogen (secondary N) is 1. The van der Waals surface area contributed by atoms with Crippen LogP contribution >= 0.6 is 23.3 Å². The highest BCUT2D eigenvalue weighted by Gasteiger charge is 2.32. The number of rotatable bonds is 2. The van der Waals surface area contributed by atoms with Gasteiger partial charge in [0, 0.05) is 30.6 Å². The maximum absolute atomic E-state index is 15.5.